The molecule has 1 heterocycles. The highest BCUT2D eigenvalue weighted by Crippen LogP contribution is 2.46. The Morgan fingerprint density at radius 2 is 1.71 bits per heavy atom. The van der Waals surface area contributed by atoms with Crippen LogP contribution in [0, 0.1) is 31.1 Å². The van der Waals surface area contributed by atoms with Gasteiger partial charge in [0.05, 0.1) is 0 Å². The van der Waals surface area contributed by atoms with Crippen molar-refractivity contribution < 1.29 is 14.4 Å². The van der Waals surface area contributed by atoms with Crippen molar-refractivity contribution in [1.29, 1.82) is 0 Å². The number of Topliss-reactive ketones (excluding diaryl/α,β-unsaturated/α-hetero) is 2. The van der Waals surface area contributed by atoms with Gasteiger partial charge in [-0.2, -0.15) is 0 Å². The van der Waals surface area contributed by atoms with Crippen LogP contribution in [0.1, 0.15) is 60.8 Å². The third kappa shape index (κ3) is 3.96. The van der Waals surface area contributed by atoms with Crippen LogP contribution in [0.15, 0.2) is 17.3 Å². The molecule has 28 heavy (non-hydrogen) atoms. The number of ketones is 2. The molecule has 0 bridgehead atoms. The molecule has 5 nitrogen and oxygen atoms in total. The van der Waals surface area contributed by atoms with Crippen molar-refractivity contribution in [2.24, 2.45) is 10.6 Å². The quantitative estimate of drug-likeness (QED) is 0.265. The number of carbonyl (C=O) groups excluding carboxylic acids is 2. The highest BCUT2D eigenvalue weighted by Gasteiger charge is 2.47. The van der Waals surface area contributed by atoms with E-state index in [9.17, 15) is 9.59 Å². The van der Waals surface area contributed by atoms with Crippen LogP contribution in [0.5, 0.6) is 0 Å². The fourth-order valence-corrected chi connectivity index (χ4v) is 4.74. The molecule has 1 spiro atoms. The van der Waals surface area contributed by atoms with Gasteiger partial charge in [0.2, 0.25) is 0 Å². The van der Waals surface area contributed by atoms with E-state index in [0.29, 0.717) is 12.8 Å². The third-order valence-electron chi connectivity index (χ3n) is 6.07. The summed E-state index contributed by atoms with van der Waals surface area (Å²) in [6.45, 7) is 7.34. The molecule has 148 valence electrons. The molecule has 1 saturated heterocycles. The average Bonchev–Trinajstić information content (AvgIpc) is 2.63. The van der Waals surface area contributed by atoms with E-state index >= 15 is 0 Å². The Morgan fingerprint density at radius 3 is 2.21 bits per heavy atom. The summed E-state index contributed by atoms with van der Waals surface area (Å²) in [6, 6.07) is 3.97. The fourth-order valence-electron chi connectivity index (χ4n) is 4.74. The monoisotopic (exact) mass is 380 g/mol. The molecule has 0 atom stereocenters. The van der Waals surface area contributed by atoms with Crippen molar-refractivity contribution in [2.45, 2.75) is 52.4 Å². The van der Waals surface area contributed by atoms with Gasteiger partial charge in [0.25, 0.3) is 0 Å². The highest BCUT2D eigenvalue weighted by molar-refractivity contribution is 6.10. The van der Waals surface area contributed by atoms with E-state index < -0.39 is 5.92 Å². The number of hydrogen-bond acceptors (Lipinski definition) is 4. The summed E-state index contributed by atoms with van der Waals surface area (Å²) in [5, 5.41) is 3.81. The lowest BCUT2D eigenvalue weighted by molar-refractivity contribution is -0.138. The Kier molecular flexibility index (Phi) is 5.88. The van der Waals surface area contributed by atoms with Gasteiger partial charge in [0.15, 0.2) is 0 Å². The zero-order valence-corrected chi connectivity index (χ0v) is 17.2. The molecule has 0 aromatic heterocycles. The van der Waals surface area contributed by atoms with E-state index in [2.05, 4.69) is 21.9 Å². The van der Waals surface area contributed by atoms with Crippen molar-refractivity contribution >= 4 is 17.9 Å². The summed E-state index contributed by atoms with van der Waals surface area (Å²) in [6.07, 6.45) is 4.31. The smallest absolute Gasteiger partial charge is 0.148 e. The predicted octanol–water partition coefficient (Wildman–Crippen LogP) is 3.36. The van der Waals surface area contributed by atoms with E-state index in [-0.39, 0.29) is 17.0 Å². The molecular formula is C23H28N2O3. The Hall–Kier alpha value is -2.61. The Labute approximate surface area is 167 Å². The Balaban J connectivity index is 1.80. The minimum atomic E-state index is -0.623. The van der Waals surface area contributed by atoms with Gasteiger partial charge in [-0.1, -0.05) is 11.1 Å². The maximum atomic E-state index is 13.1. The summed E-state index contributed by atoms with van der Waals surface area (Å²) < 4.78 is 0. The van der Waals surface area contributed by atoms with Gasteiger partial charge in [-0.25, -0.2) is 0 Å². The largest absolute Gasteiger partial charge is 0.398 e. The minimum absolute atomic E-state index is 0.0655. The van der Waals surface area contributed by atoms with Crippen LogP contribution in [-0.4, -0.2) is 43.0 Å². The standard InChI is InChI=1S/C23H28N2O3/c1-5-6-18-11-16(2)21(17(3)12-18)22-19(26)13-23(14-20(22)27)7-9-25(10-8-23)15-24-28-4/h11-12,15,22H,7-10,13-14H2,1-4H3/b24-15+. The lowest BCUT2D eigenvalue weighted by Crippen LogP contribution is -2.46. The SMILES string of the molecule is CC#Cc1cc(C)c(C2C(=O)CC3(CCN(/C=N/OC)CC3)CC2=O)c(C)c1. The number of nitrogens with zero attached hydrogens (tertiary/aromatic N) is 2. The summed E-state index contributed by atoms with van der Waals surface area (Å²) in [4.78, 5) is 33.1. The van der Waals surface area contributed by atoms with E-state index in [1.807, 2.05) is 26.0 Å². The van der Waals surface area contributed by atoms with Gasteiger partial charge in [-0.05, 0) is 67.9 Å². The van der Waals surface area contributed by atoms with Crippen LogP contribution < -0.4 is 0 Å². The Bertz CT molecular complexity index is 825. The lowest BCUT2D eigenvalue weighted by atomic mass is 9.62. The average molecular weight is 380 g/mol. The number of benzene rings is 1. The topological polar surface area (TPSA) is 59.0 Å². The predicted molar refractivity (Wildman–Crippen MR) is 109 cm³/mol. The van der Waals surface area contributed by atoms with Crippen LogP contribution in [0.3, 0.4) is 0 Å². The molecule has 0 unspecified atom stereocenters. The van der Waals surface area contributed by atoms with Crippen LogP contribution in [0.4, 0.5) is 0 Å². The van der Waals surface area contributed by atoms with Gasteiger partial charge < -0.3 is 9.74 Å². The van der Waals surface area contributed by atoms with Crippen LogP contribution in [-0.2, 0) is 14.4 Å². The number of carbonyl (C=O) groups is 2. The normalized spacial score (nSPS) is 19.8. The molecule has 2 fully saturated rings. The van der Waals surface area contributed by atoms with Gasteiger partial charge in [0.1, 0.15) is 30.9 Å². The maximum absolute atomic E-state index is 13.1. The number of oxime groups is 1. The summed E-state index contributed by atoms with van der Waals surface area (Å²) in [5.74, 6) is 5.48. The molecule has 1 aromatic carbocycles. The van der Waals surface area contributed by atoms with Gasteiger partial charge >= 0.3 is 0 Å². The number of hydrogen-bond donors (Lipinski definition) is 0. The molecule has 2 aliphatic rings. The molecule has 1 saturated carbocycles. The summed E-state index contributed by atoms with van der Waals surface area (Å²) in [5.41, 5.74) is 3.57. The van der Waals surface area contributed by atoms with Crippen LogP contribution in [0.25, 0.3) is 0 Å². The van der Waals surface area contributed by atoms with E-state index in [4.69, 9.17) is 4.84 Å². The molecule has 5 heteroatoms. The van der Waals surface area contributed by atoms with Crippen molar-refractivity contribution in [3.63, 3.8) is 0 Å². The zero-order chi connectivity index (χ0) is 20.3. The molecule has 0 N–H and O–H groups in total. The number of rotatable bonds is 3. The van der Waals surface area contributed by atoms with Crippen molar-refractivity contribution in [1.82, 2.24) is 4.90 Å². The summed E-state index contributed by atoms with van der Waals surface area (Å²) in [7, 11) is 1.52. The van der Waals surface area contributed by atoms with Gasteiger partial charge in [0, 0.05) is 31.5 Å². The second-order valence-corrected chi connectivity index (χ2v) is 8.06. The first kappa shape index (κ1) is 20.1. The molecule has 0 amide bonds. The number of likely N-dealkylation sites (tertiary alicyclic amines) is 1. The second kappa shape index (κ2) is 8.18. The molecule has 1 aliphatic heterocycles. The highest BCUT2D eigenvalue weighted by atomic mass is 16.6. The number of piperidine rings is 1. The first-order valence-corrected chi connectivity index (χ1v) is 9.79. The minimum Gasteiger partial charge on any atom is -0.398 e. The molecule has 1 aromatic rings. The lowest BCUT2D eigenvalue weighted by Gasteiger charge is -2.44. The van der Waals surface area contributed by atoms with Crippen molar-refractivity contribution in [3.05, 3.63) is 34.4 Å². The van der Waals surface area contributed by atoms with Crippen LogP contribution >= 0.6 is 0 Å². The first-order valence-electron chi connectivity index (χ1n) is 9.79. The molecular weight excluding hydrogens is 352 g/mol. The number of aryl methyl sites for hydroxylation is 2. The third-order valence-corrected chi connectivity index (χ3v) is 6.07. The Morgan fingerprint density at radius 1 is 1.14 bits per heavy atom. The molecule has 0 radical (unpaired) electrons. The summed E-state index contributed by atoms with van der Waals surface area (Å²) >= 11 is 0. The van der Waals surface area contributed by atoms with Crippen molar-refractivity contribution in [3.8, 4) is 11.8 Å². The second-order valence-electron chi connectivity index (χ2n) is 8.06. The van der Waals surface area contributed by atoms with Gasteiger partial charge in [-0.15, -0.1) is 5.92 Å². The maximum Gasteiger partial charge on any atom is 0.148 e. The molecule has 1 aliphatic carbocycles. The zero-order valence-electron chi connectivity index (χ0n) is 17.2. The van der Waals surface area contributed by atoms with Crippen LogP contribution in [0.2, 0.25) is 0 Å². The van der Waals surface area contributed by atoms with Crippen molar-refractivity contribution in [2.75, 3.05) is 20.2 Å². The first-order chi connectivity index (χ1) is 13.4. The van der Waals surface area contributed by atoms with E-state index in [0.717, 1.165) is 48.2 Å². The van der Waals surface area contributed by atoms with E-state index in [1.54, 1.807) is 13.3 Å². The van der Waals surface area contributed by atoms with E-state index in [1.165, 1.54) is 7.11 Å². The fraction of sp³-hybridized carbons (Fsp3) is 0.522. The molecule has 3 rings (SSSR count). The van der Waals surface area contributed by atoms with Gasteiger partial charge in [-0.3, -0.25) is 9.59 Å².